The van der Waals surface area contributed by atoms with Crippen molar-refractivity contribution in [2.45, 2.75) is 55.9 Å². The number of hydrogen-bond donors (Lipinski definition) is 1. The summed E-state index contributed by atoms with van der Waals surface area (Å²) in [6.45, 7) is 1.94. The van der Waals surface area contributed by atoms with Gasteiger partial charge in [0, 0.05) is 6.07 Å². The molecule has 1 unspecified atom stereocenters. The Morgan fingerprint density at radius 1 is 1.21 bits per heavy atom. The number of rotatable bonds is 8. The number of sulfonamides is 1. The normalized spacial score (nSPS) is 16.9. The van der Waals surface area contributed by atoms with Crippen LogP contribution in [0.1, 0.15) is 66.4 Å². The molecule has 2 aromatic rings. The van der Waals surface area contributed by atoms with E-state index in [-0.39, 0.29) is 44.5 Å². The lowest BCUT2D eigenvalue weighted by atomic mass is 9.82. The van der Waals surface area contributed by atoms with E-state index < -0.39 is 16.0 Å². The predicted molar refractivity (Wildman–Crippen MR) is 124 cm³/mol. The van der Waals surface area contributed by atoms with E-state index in [1.165, 1.54) is 25.3 Å². The van der Waals surface area contributed by atoms with Crippen molar-refractivity contribution in [2.24, 2.45) is 5.92 Å². The molecule has 0 aliphatic heterocycles. The van der Waals surface area contributed by atoms with E-state index >= 15 is 0 Å². The molecule has 33 heavy (non-hydrogen) atoms. The SMILES string of the molecule is COC(=O)c1ccc(C2CC2)c(S(=O)(=O)Nc2cc(C#N)c(Cl)cc2OC(C)C2CCC2)c1. The number of esters is 1. The second-order valence-corrected chi connectivity index (χ2v) is 10.6. The Hall–Kier alpha value is -2.76. The average molecular weight is 489 g/mol. The van der Waals surface area contributed by atoms with Crippen LogP contribution in [0, 0.1) is 17.2 Å². The van der Waals surface area contributed by atoms with Crippen molar-refractivity contribution >= 4 is 33.3 Å². The van der Waals surface area contributed by atoms with Gasteiger partial charge in [-0.1, -0.05) is 24.1 Å². The fraction of sp³-hybridized carbons (Fsp3) is 0.417. The summed E-state index contributed by atoms with van der Waals surface area (Å²) >= 11 is 6.22. The standard InChI is InChI=1S/C24H25ClN2O5S/c1-14(15-4-3-5-15)32-22-12-20(25)18(13-26)10-21(22)27-33(29,30)23-11-17(24(28)31-2)8-9-19(23)16-6-7-16/h8-12,14-16,27H,3-7H2,1-2H3. The molecule has 2 aliphatic rings. The molecule has 0 saturated heterocycles. The first kappa shape index (κ1) is 23.4. The van der Waals surface area contributed by atoms with Crippen LogP contribution in [0.2, 0.25) is 5.02 Å². The molecule has 0 aromatic heterocycles. The van der Waals surface area contributed by atoms with E-state index in [0.29, 0.717) is 11.5 Å². The van der Waals surface area contributed by atoms with Gasteiger partial charge < -0.3 is 9.47 Å². The number of carbonyl (C=O) groups excluding carboxylic acids is 1. The third-order valence-electron chi connectivity index (χ3n) is 6.30. The minimum absolute atomic E-state index is 0.0133. The van der Waals surface area contributed by atoms with Crippen molar-refractivity contribution in [3.05, 3.63) is 52.0 Å². The minimum Gasteiger partial charge on any atom is -0.488 e. The highest BCUT2D eigenvalue weighted by Gasteiger charge is 2.32. The third-order valence-corrected chi connectivity index (χ3v) is 8.04. The molecule has 174 valence electrons. The molecule has 7 nitrogen and oxygen atoms in total. The Morgan fingerprint density at radius 2 is 1.94 bits per heavy atom. The maximum Gasteiger partial charge on any atom is 0.337 e. The minimum atomic E-state index is -4.11. The lowest BCUT2D eigenvalue weighted by Gasteiger charge is -2.32. The van der Waals surface area contributed by atoms with Crippen LogP contribution in [0.5, 0.6) is 5.75 Å². The van der Waals surface area contributed by atoms with Crippen LogP contribution in [0.15, 0.2) is 35.2 Å². The van der Waals surface area contributed by atoms with E-state index in [1.807, 2.05) is 13.0 Å². The van der Waals surface area contributed by atoms with Crippen LogP contribution >= 0.6 is 11.6 Å². The van der Waals surface area contributed by atoms with Crippen LogP contribution in [-0.4, -0.2) is 27.6 Å². The number of nitrogens with one attached hydrogen (secondary N) is 1. The van der Waals surface area contributed by atoms with Gasteiger partial charge >= 0.3 is 5.97 Å². The Labute approximate surface area is 198 Å². The predicted octanol–water partition coefficient (Wildman–Crippen LogP) is 5.24. The summed E-state index contributed by atoms with van der Waals surface area (Å²) in [6.07, 6.45) is 4.89. The summed E-state index contributed by atoms with van der Waals surface area (Å²) in [4.78, 5) is 12.0. The summed E-state index contributed by atoms with van der Waals surface area (Å²) in [6, 6.07) is 9.40. The number of anilines is 1. The Bertz CT molecular complexity index is 1230. The van der Waals surface area contributed by atoms with Crippen LogP contribution in [0.4, 0.5) is 5.69 Å². The van der Waals surface area contributed by atoms with Gasteiger partial charge in [-0.3, -0.25) is 4.72 Å². The first-order chi connectivity index (χ1) is 15.7. The maximum atomic E-state index is 13.5. The second-order valence-electron chi connectivity index (χ2n) is 8.58. The molecule has 2 saturated carbocycles. The number of ether oxygens (including phenoxy) is 2. The van der Waals surface area contributed by atoms with Gasteiger partial charge in [-0.05, 0) is 68.2 Å². The average Bonchev–Trinajstić information content (AvgIpc) is 3.58. The summed E-state index contributed by atoms with van der Waals surface area (Å²) < 4.78 is 40.4. The molecule has 2 fully saturated rings. The van der Waals surface area contributed by atoms with Gasteiger partial charge in [0.05, 0.1) is 39.9 Å². The van der Waals surface area contributed by atoms with Crippen LogP contribution in [-0.2, 0) is 14.8 Å². The summed E-state index contributed by atoms with van der Waals surface area (Å²) in [5.41, 5.74) is 1.05. The molecular weight excluding hydrogens is 464 g/mol. The number of methoxy groups -OCH3 is 1. The van der Waals surface area contributed by atoms with Crippen molar-refractivity contribution in [1.29, 1.82) is 5.26 Å². The zero-order valence-corrected chi connectivity index (χ0v) is 20.0. The molecule has 2 aliphatic carbocycles. The molecule has 1 atom stereocenters. The quantitative estimate of drug-likeness (QED) is 0.509. The fourth-order valence-electron chi connectivity index (χ4n) is 3.97. The van der Waals surface area contributed by atoms with Crippen LogP contribution in [0.25, 0.3) is 0 Å². The zero-order valence-electron chi connectivity index (χ0n) is 18.4. The molecule has 0 amide bonds. The topological polar surface area (TPSA) is 105 Å². The molecular formula is C24H25ClN2O5S. The number of hydrogen-bond acceptors (Lipinski definition) is 6. The molecule has 0 radical (unpaired) electrons. The highest BCUT2D eigenvalue weighted by molar-refractivity contribution is 7.92. The van der Waals surface area contributed by atoms with E-state index in [1.54, 1.807) is 12.1 Å². The van der Waals surface area contributed by atoms with Gasteiger partial charge in [-0.15, -0.1) is 0 Å². The first-order valence-electron chi connectivity index (χ1n) is 10.9. The second kappa shape index (κ2) is 9.24. The number of carbonyl (C=O) groups is 1. The van der Waals surface area contributed by atoms with Crippen molar-refractivity contribution in [1.82, 2.24) is 0 Å². The van der Waals surface area contributed by atoms with Crippen molar-refractivity contribution in [2.75, 3.05) is 11.8 Å². The van der Waals surface area contributed by atoms with E-state index in [0.717, 1.165) is 32.1 Å². The maximum absolute atomic E-state index is 13.5. The van der Waals surface area contributed by atoms with Gasteiger partial charge in [0.2, 0.25) is 0 Å². The van der Waals surface area contributed by atoms with Gasteiger partial charge in [-0.25, -0.2) is 13.2 Å². The van der Waals surface area contributed by atoms with E-state index in [4.69, 9.17) is 21.1 Å². The highest BCUT2D eigenvalue weighted by atomic mass is 35.5. The Balaban J connectivity index is 1.73. The Morgan fingerprint density at radius 3 is 2.52 bits per heavy atom. The summed E-state index contributed by atoms with van der Waals surface area (Å²) in [7, 11) is -2.87. The van der Waals surface area contributed by atoms with Crippen LogP contribution in [0.3, 0.4) is 0 Å². The highest BCUT2D eigenvalue weighted by Crippen LogP contribution is 2.44. The third kappa shape index (κ3) is 4.94. The molecule has 0 heterocycles. The largest absolute Gasteiger partial charge is 0.488 e. The van der Waals surface area contributed by atoms with Crippen molar-refractivity contribution in [3.8, 4) is 11.8 Å². The van der Waals surface area contributed by atoms with Crippen molar-refractivity contribution < 1.29 is 22.7 Å². The van der Waals surface area contributed by atoms with Gasteiger partial charge in [-0.2, -0.15) is 5.26 Å². The molecule has 1 N–H and O–H groups in total. The molecule has 0 bridgehead atoms. The monoisotopic (exact) mass is 488 g/mol. The van der Waals surface area contributed by atoms with Crippen molar-refractivity contribution in [3.63, 3.8) is 0 Å². The zero-order chi connectivity index (χ0) is 23.8. The smallest absolute Gasteiger partial charge is 0.337 e. The summed E-state index contributed by atoms with van der Waals surface area (Å²) in [5, 5.41) is 9.60. The number of halogens is 1. The lowest BCUT2D eigenvalue weighted by Crippen LogP contribution is -2.29. The summed E-state index contributed by atoms with van der Waals surface area (Å²) in [5.74, 6) is 0.157. The number of nitrogens with zero attached hydrogens (tertiary/aromatic N) is 1. The van der Waals surface area contributed by atoms with E-state index in [9.17, 15) is 18.5 Å². The lowest BCUT2D eigenvalue weighted by molar-refractivity contribution is 0.0600. The number of nitriles is 1. The molecule has 4 rings (SSSR count). The van der Waals surface area contributed by atoms with E-state index in [2.05, 4.69) is 4.72 Å². The molecule has 9 heteroatoms. The fourth-order valence-corrected chi connectivity index (χ4v) is 5.55. The Kier molecular flexibility index (Phi) is 6.55. The molecule has 0 spiro atoms. The van der Waals surface area contributed by atoms with Gasteiger partial charge in [0.15, 0.2) is 0 Å². The van der Waals surface area contributed by atoms with Gasteiger partial charge in [0.25, 0.3) is 10.0 Å². The number of benzene rings is 2. The first-order valence-corrected chi connectivity index (χ1v) is 12.7. The molecule has 2 aromatic carbocycles. The van der Waals surface area contributed by atoms with Crippen LogP contribution < -0.4 is 9.46 Å². The van der Waals surface area contributed by atoms with Gasteiger partial charge in [0.1, 0.15) is 11.8 Å².